The lowest BCUT2D eigenvalue weighted by molar-refractivity contribution is -0.139. The van der Waals surface area contributed by atoms with Gasteiger partial charge in [0.1, 0.15) is 24.1 Å². The summed E-state index contributed by atoms with van der Waals surface area (Å²) in [6, 6.07) is 21.7. The highest BCUT2D eigenvalue weighted by molar-refractivity contribution is 7.92. The number of para-hydroxylation sites is 2. The van der Waals surface area contributed by atoms with Gasteiger partial charge in [-0.1, -0.05) is 62.2 Å². The Morgan fingerprint density at radius 3 is 2.19 bits per heavy atom. The zero-order valence-corrected chi connectivity index (χ0v) is 25.9. The normalized spacial score (nSPS) is 14.1. The molecule has 0 aromatic heterocycles. The number of benzene rings is 3. The second kappa shape index (κ2) is 14.9. The number of anilines is 1. The lowest BCUT2D eigenvalue weighted by Gasteiger charge is -2.34. The summed E-state index contributed by atoms with van der Waals surface area (Å²) >= 11 is 0. The van der Waals surface area contributed by atoms with Crippen LogP contribution in [0.2, 0.25) is 0 Å². The maximum atomic E-state index is 14.2. The van der Waals surface area contributed by atoms with Crippen molar-refractivity contribution in [3.8, 4) is 11.5 Å². The zero-order valence-electron chi connectivity index (χ0n) is 25.1. The molecule has 0 saturated heterocycles. The molecular weight excluding hydrogens is 566 g/mol. The molecule has 1 aliphatic rings. The lowest BCUT2D eigenvalue weighted by Crippen LogP contribution is -2.54. The van der Waals surface area contributed by atoms with Gasteiger partial charge in [0, 0.05) is 12.6 Å². The fourth-order valence-electron chi connectivity index (χ4n) is 5.49. The Labute approximate surface area is 254 Å². The summed E-state index contributed by atoms with van der Waals surface area (Å²) in [6.45, 7) is 1.60. The topological polar surface area (TPSA) is 105 Å². The van der Waals surface area contributed by atoms with Crippen LogP contribution in [0.3, 0.4) is 0 Å². The van der Waals surface area contributed by atoms with Gasteiger partial charge < -0.3 is 19.7 Å². The molecular formula is C33H41N3O6S. The number of carbonyl (C=O) groups excluding carboxylic acids is 2. The van der Waals surface area contributed by atoms with Gasteiger partial charge >= 0.3 is 0 Å². The Balaban J connectivity index is 1.70. The van der Waals surface area contributed by atoms with E-state index in [1.165, 1.54) is 31.3 Å². The molecule has 0 heterocycles. The van der Waals surface area contributed by atoms with Crippen LogP contribution in [0.15, 0.2) is 83.8 Å². The van der Waals surface area contributed by atoms with Crippen LogP contribution in [0, 0.1) is 0 Å². The molecule has 43 heavy (non-hydrogen) atoms. The van der Waals surface area contributed by atoms with E-state index in [1.807, 2.05) is 37.3 Å². The second-order valence-corrected chi connectivity index (χ2v) is 12.5. The SMILES string of the molecule is CCC(C(=O)NC1CCCC1)N(CCc1ccccc1)C(=O)CN(c1ccccc1OC)S(=O)(=O)c1ccc(OC)cc1. The fourth-order valence-corrected chi connectivity index (χ4v) is 6.91. The van der Waals surface area contributed by atoms with Gasteiger partial charge in [-0.25, -0.2) is 8.42 Å². The van der Waals surface area contributed by atoms with Gasteiger partial charge in [0.2, 0.25) is 11.8 Å². The van der Waals surface area contributed by atoms with E-state index < -0.39 is 28.5 Å². The van der Waals surface area contributed by atoms with E-state index in [4.69, 9.17) is 9.47 Å². The number of ether oxygens (including phenoxy) is 2. The van der Waals surface area contributed by atoms with Crippen molar-refractivity contribution in [3.05, 3.63) is 84.4 Å². The molecule has 1 atom stereocenters. The van der Waals surface area contributed by atoms with Gasteiger partial charge in [0.15, 0.2) is 0 Å². The molecule has 1 fully saturated rings. The number of sulfonamides is 1. The average Bonchev–Trinajstić information content (AvgIpc) is 3.55. The molecule has 3 aromatic carbocycles. The van der Waals surface area contributed by atoms with Crippen LogP contribution in [0.25, 0.3) is 0 Å². The molecule has 1 unspecified atom stereocenters. The number of rotatable bonds is 14. The first-order chi connectivity index (χ1) is 20.8. The first-order valence-electron chi connectivity index (χ1n) is 14.7. The van der Waals surface area contributed by atoms with Crippen molar-refractivity contribution in [2.45, 2.75) is 62.4 Å². The average molecular weight is 608 g/mol. The summed E-state index contributed by atoms with van der Waals surface area (Å²) in [7, 11) is -1.28. The highest BCUT2D eigenvalue weighted by atomic mass is 32.2. The Kier molecular flexibility index (Phi) is 11.1. The molecule has 4 rings (SSSR count). The van der Waals surface area contributed by atoms with Crippen LogP contribution in [0.1, 0.15) is 44.6 Å². The zero-order chi connectivity index (χ0) is 30.8. The second-order valence-electron chi connectivity index (χ2n) is 10.6. The van der Waals surface area contributed by atoms with Gasteiger partial charge in [0.05, 0.1) is 24.8 Å². The van der Waals surface area contributed by atoms with Crippen molar-refractivity contribution in [1.82, 2.24) is 10.2 Å². The van der Waals surface area contributed by atoms with Gasteiger partial charge in [-0.3, -0.25) is 13.9 Å². The quantitative estimate of drug-likeness (QED) is 0.282. The molecule has 1 saturated carbocycles. The first-order valence-corrected chi connectivity index (χ1v) is 16.2. The van der Waals surface area contributed by atoms with E-state index in [9.17, 15) is 18.0 Å². The van der Waals surface area contributed by atoms with E-state index in [1.54, 1.807) is 36.4 Å². The van der Waals surface area contributed by atoms with E-state index in [-0.39, 0.29) is 29.1 Å². The smallest absolute Gasteiger partial charge is 0.264 e. The maximum Gasteiger partial charge on any atom is 0.264 e. The van der Waals surface area contributed by atoms with Crippen molar-refractivity contribution < 1.29 is 27.5 Å². The number of carbonyl (C=O) groups is 2. The lowest BCUT2D eigenvalue weighted by atomic mass is 10.1. The van der Waals surface area contributed by atoms with E-state index in [0.717, 1.165) is 35.6 Å². The first kappa shape index (κ1) is 31.9. The van der Waals surface area contributed by atoms with Crippen molar-refractivity contribution in [1.29, 1.82) is 0 Å². The maximum absolute atomic E-state index is 14.2. The Morgan fingerprint density at radius 2 is 1.56 bits per heavy atom. The highest BCUT2D eigenvalue weighted by Crippen LogP contribution is 2.33. The highest BCUT2D eigenvalue weighted by Gasteiger charge is 2.35. The van der Waals surface area contributed by atoms with Crippen LogP contribution >= 0.6 is 0 Å². The molecule has 1 N–H and O–H groups in total. The van der Waals surface area contributed by atoms with Gasteiger partial charge in [-0.2, -0.15) is 0 Å². The molecule has 2 amide bonds. The minimum Gasteiger partial charge on any atom is -0.497 e. The number of methoxy groups -OCH3 is 2. The summed E-state index contributed by atoms with van der Waals surface area (Å²) in [4.78, 5) is 29.3. The summed E-state index contributed by atoms with van der Waals surface area (Å²) in [5.74, 6) is 0.115. The summed E-state index contributed by atoms with van der Waals surface area (Å²) in [5.41, 5.74) is 1.24. The number of hydrogen-bond donors (Lipinski definition) is 1. The van der Waals surface area contributed by atoms with Gasteiger partial charge in [-0.15, -0.1) is 0 Å². The van der Waals surface area contributed by atoms with E-state index >= 15 is 0 Å². The summed E-state index contributed by atoms with van der Waals surface area (Å²) in [6.07, 6.45) is 4.87. The molecule has 0 bridgehead atoms. The third-order valence-electron chi connectivity index (χ3n) is 7.85. The molecule has 0 spiro atoms. The molecule has 230 valence electrons. The Bertz CT molecular complexity index is 1460. The van der Waals surface area contributed by atoms with Crippen LogP contribution in [-0.4, -0.2) is 64.5 Å². The standard InChI is InChI=1S/C33H41N3O6S/c1-4-29(33(38)34-26-14-8-9-15-26)35(23-22-25-12-6-5-7-13-25)32(37)24-36(30-16-10-11-17-31(30)42-3)43(39,40)28-20-18-27(41-2)19-21-28/h5-7,10-13,16-21,26,29H,4,8-9,14-15,22-24H2,1-3H3,(H,34,38). The van der Waals surface area contributed by atoms with Crippen molar-refractivity contribution in [2.75, 3.05) is 31.6 Å². The third-order valence-corrected chi connectivity index (χ3v) is 9.63. The van der Waals surface area contributed by atoms with Gasteiger partial charge in [-0.05, 0) is 67.6 Å². The molecule has 3 aromatic rings. The number of nitrogens with zero attached hydrogens (tertiary/aromatic N) is 2. The van der Waals surface area contributed by atoms with Crippen LogP contribution in [-0.2, 0) is 26.0 Å². The number of hydrogen-bond acceptors (Lipinski definition) is 6. The fraction of sp³-hybridized carbons (Fsp3) is 0.394. The Morgan fingerprint density at radius 1 is 0.907 bits per heavy atom. The molecule has 0 radical (unpaired) electrons. The minimum atomic E-state index is -4.23. The predicted molar refractivity (Wildman–Crippen MR) is 167 cm³/mol. The van der Waals surface area contributed by atoms with Crippen molar-refractivity contribution in [3.63, 3.8) is 0 Å². The summed E-state index contributed by atoms with van der Waals surface area (Å²) < 4.78 is 40.0. The van der Waals surface area contributed by atoms with Crippen LogP contribution < -0.4 is 19.1 Å². The van der Waals surface area contributed by atoms with E-state index in [0.29, 0.717) is 24.3 Å². The summed E-state index contributed by atoms with van der Waals surface area (Å²) in [5, 5.41) is 3.14. The minimum absolute atomic E-state index is 0.00569. The van der Waals surface area contributed by atoms with Crippen LogP contribution in [0.4, 0.5) is 5.69 Å². The molecule has 10 heteroatoms. The molecule has 9 nitrogen and oxygen atoms in total. The number of amides is 2. The third kappa shape index (κ3) is 7.87. The van der Waals surface area contributed by atoms with Crippen LogP contribution in [0.5, 0.6) is 11.5 Å². The largest absolute Gasteiger partial charge is 0.497 e. The van der Waals surface area contributed by atoms with E-state index in [2.05, 4.69) is 5.32 Å². The number of nitrogens with one attached hydrogen (secondary N) is 1. The van der Waals surface area contributed by atoms with Crippen molar-refractivity contribution >= 4 is 27.5 Å². The molecule has 1 aliphatic carbocycles. The predicted octanol–water partition coefficient (Wildman–Crippen LogP) is 4.81. The Hall–Kier alpha value is -4.05. The monoisotopic (exact) mass is 607 g/mol. The molecule has 0 aliphatic heterocycles. The van der Waals surface area contributed by atoms with Gasteiger partial charge in [0.25, 0.3) is 10.0 Å². The van der Waals surface area contributed by atoms with Crippen molar-refractivity contribution in [2.24, 2.45) is 0 Å².